The lowest BCUT2D eigenvalue weighted by Crippen LogP contribution is -1.92. The first kappa shape index (κ1) is 29.8. The summed E-state index contributed by atoms with van der Waals surface area (Å²) in [6.07, 6.45) is 0. The van der Waals surface area contributed by atoms with E-state index >= 15 is 0 Å². The number of thiophene rings is 1. The van der Waals surface area contributed by atoms with Crippen LogP contribution in [0.25, 0.3) is 119 Å². The van der Waals surface area contributed by atoms with Crippen LogP contribution in [0.5, 0.6) is 0 Å². The van der Waals surface area contributed by atoms with Gasteiger partial charge in [0.25, 0.3) is 0 Å². The van der Waals surface area contributed by atoms with Crippen molar-refractivity contribution in [3.63, 3.8) is 0 Å². The predicted octanol–water partition coefficient (Wildman–Crippen LogP) is 15.6. The van der Waals surface area contributed by atoms with Crippen LogP contribution in [0.4, 0.5) is 0 Å². The van der Waals surface area contributed by atoms with E-state index in [1.165, 1.54) is 102 Å². The Labute approximate surface area is 314 Å². The van der Waals surface area contributed by atoms with Crippen LogP contribution < -0.4 is 0 Å². The first-order chi connectivity index (χ1) is 26.8. The first-order valence-electron chi connectivity index (χ1n) is 18.5. The molecule has 0 bridgehead atoms. The maximum Gasteiger partial charge on any atom is 0.144 e. The molecule has 0 fully saturated rings. The van der Waals surface area contributed by atoms with Crippen molar-refractivity contribution in [1.82, 2.24) is 0 Å². The van der Waals surface area contributed by atoms with E-state index in [1.807, 2.05) is 11.3 Å². The van der Waals surface area contributed by atoms with Gasteiger partial charge in [-0.3, -0.25) is 0 Å². The van der Waals surface area contributed by atoms with Gasteiger partial charge in [-0.15, -0.1) is 11.3 Å². The molecule has 0 saturated heterocycles. The van der Waals surface area contributed by atoms with Crippen LogP contribution in [0, 0.1) is 0 Å². The normalized spacial score (nSPS) is 12.1. The van der Waals surface area contributed by atoms with Crippen molar-refractivity contribution in [2.45, 2.75) is 0 Å². The van der Waals surface area contributed by atoms with Crippen molar-refractivity contribution in [3.05, 3.63) is 182 Å². The van der Waals surface area contributed by atoms with Gasteiger partial charge in [-0.25, -0.2) is 0 Å². The second-order valence-electron chi connectivity index (χ2n) is 14.3. The van der Waals surface area contributed by atoms with Gasteiger partial charge in [0.05, 0.1) is 0 Å². The highest BCUT2D eigenvalue weighted by Crippen LogP contribution is 2.50. The van der Waals surface area contributed by atoms with E-state index < -0.39 is 0 Å². The zero-order valence-electron chi connectivity index (χ0n) is 29.1. The Morgan fingerprint density at radius 3 is 1.59 bits per heavy atom. The van der Waals surface area contributed by atoms with Crippen LogP contribution in [0.2, 0.25) is 0 Å². The average Bonchev–Trinajstić information content (AvgIpc) is 3.80. The Bertz CT molecular complexity index is 3440. The fourth-order valence-electron chi connectivity index (χ4n) is 9.09. The van der Waals surface area contributed by atoms with Crippen LogP contribution in [0.15, 0.2) is 186 Å². The van der Waals surface area contributed by atoms with Crippen LogP contribution in [0.1, 0.15) is 0 Å². The number of fused-ring (bicyclic) bond motifs is 11. The molecule has 0 aliphatic heterocycles. The van der Waals surface area contributed by atoms with Gasteiger partial charge in [-0.05, 0) is 95.2 Å². The maximum absolute atomic E-state index is 6.99. The van der Waals surface area contributed by atoms with Crippen LogP contribution >= 0.6 is 11.3 Å². The summed E-state index contributed by atoms with van der Waals surface area (Å²) in [6.45, 7) is 0. The van der Waals surface area contributed by atoms with Crippen molar-refractivity contribution in [2.75, 3.05) is 0 Å². The van der Waals surface area contributed by atoms with E-state index in [-0.39, 0.29) is 0 Å². The molecule has 0 N–H and O–H groups in total. The molecule has 2 heteroatoms. The monoisotopic (exact) mass is 702 g/mol. The van der Waals surface area contributed by atoms with E-state index in [9.17, 15) is 0 Å². The molecule has 2 aromatic heterocycles. The summed E-state index contributed by atoms with van der Waals surface area (Å²) in [4.78, 5) is 0. The molecule has 12 rings (SSSR count). The summed E-state index contributed by atoms with van der Waals surface area (Å²) >= 11 is 1.86. The summed E-state index contributed by atoms with van der Waals surface area (Å²) in [6, 6.07) is 66.6. The van der Waals surface area contributed by atoms with Crippen molar-refractivity contribution in [2.24, 2.45) is 0 Å². The number of hydrogen-bond acceptors (Lipinski definition) is 2. The number of benzene rings is 10. The Kier molecular flexibility index (Phi) is 6.28. The molecule has 0 spiro atoms. The molecular weight excluding hydrogens is 673 g/mol. The van der Waals surface area contributed by atoms with Gasteiger partial charge in [-0.1, -0.05) is 158 Å². The van der Waals surface area contributed by atoms with Gasteiger partial charge >= 0.3 is 0 Å². The van der Waals surface area contributed by atoms with Gasteiger partial charge in [0.1, 0.15) is 11.2 Å². The Hall–Kier alpha value is -6.74. The number of rotatable bonds is 3. The van der Waals surface area contributed by atoms with E-state index in [2.05, 4.69) is 182 Å². The fraction of sp³-hybridized carbons (Fsp3) is 0. The zero-order chi connectivity index (χ0) is 35.3. The molecule has 1 nitrogen and oxygen atoms in total. The molecule has 12 aromatic rings. The molecule has 10 aromatic carbocycles. The Balaban J connectivity index is 1.19. The third-order valence-electron chi connectivity index (χ3n) is 11.4. The van der Waals surface area contributed by atoms with Crippen molar-refractivity contribution in [3.8, 4) is 33.4 Å². The van der Waals surface area contributed by atoms with E-state index in [4.69, 9.17) is 4.42 Å². The molecule has 0 saturated carbocycles. The maximum atomic E-state index is 6.99. The van der Waals surface area contributed by atoms with Gasteiger partial charge < -0.3 is 4.42 Å². The molecule has 54 heavy (non-hydrogen) atoms. The molecule has 0 amide bonds. The molecular formula is C52H30OS. The van der Waals surface area contributed by atoms with Crippen molar-refractivity contribution < 1.29 is 4.42 Å². The third-order valence-corrected chi connectivity index (χ3v) is 12.6. The van der Waals surface area contributed by atoms with E-state index in [0.29, 0.717) is 0 Å². The minimum atomic E-state index is 0.923. The van der Waals surface area contributed by atoms with E-state index in [1.54, 1.807) is 0 Å². The number of furan rings is 1. The zero-order valence-corrected chi connectivity index (χ0v) is 30.0. The van der Waals surface area contributed by atoms with Gasteiger partial charge in [0.15, 0.2) is 0 Å². The predicted molar refractivity (Wildman–Crippen MR) is 233 cm³/mol. The largest absolute Gasteiger partial charge is 0.455 e. The highest BCUT2D eigenvalue weighted by molar-refractivity contribution is 7.26. The van der Waals surface area contributed by atoms with Gasteiger partial charge in [0, 0.05) is 36.5 Å². The summed E-state index contributed by atoms with van der Waals surface area (Å²) in [5.74, 6) is 0. The molecule has 0 aliphatic rings. The smallest absolute Gasteiger partial charge is 0.144 e. The van der Waals surface area contributed by atoms with Crippen LogP contribution in [-0.2, 0) is 0 Å². The highest BCUT2D eigenvalue weighted by Gasteiger charge is 2.23. The topological polar surface area (TPSA) is 13.1 Å². The Morgan fingerprint density at radius 1 is 0.352 bits per heavy atom. The lowest BCUT2D eigenvalue weighted by molar-refractivity contribution is 0.671. The summed E-state index contributed by atoms with van der Waals surface area (Å²) in [5, 5.41) is 14.8. The first-order valence-corrected chi connectivity index (χ1v) is 19.3. The molecule has 0 radical (unpaired) electrons. The minimum Gasteiger partial charge on any atom is -0.455 e. The Morgan fingerprint density at radius 2 is 0.889 bits per heavy atom. The van der Waals surface area contributed by atoms with Crippen LogP contribution in [-0.4, -0.2) is 0 Å². The lowest BCUT2D eigenvalue weighted by Gasteiger charge is -2.19. The van der Waals surface area contributed by atoms with Gasteiger partial charge in [0.2, 0.25) is 0 Å². The highest BCUT2D eigenvalue weighted by atomic mass is 32.1. The average molecular weight is 703 g/mol. The summed E-state index contributed by atoms with van der Waals surface area (Å²) in [7, 11) is 0. The summed E-state index contributed by atoms with van der Waals surface area (Å²) < 4.78 is 9.56. The van der Waals surface area contributed by atoms with Crippen molar-refractivity contribution in [1.29, 1.82) is 0 Å². The van der Waals surface area contributed by atoms with Crippen molar-refractivity contribution >= 4 is 96.5 Å². The molecule has 0 aliphatic carbocycles. The van der Waals surface area contributed by atoms with Gasteiger partial charge in [-0.2, -0.15) is 0 Å². The molecule has 250 valence electrons. The third kappa shape index (κ3) is 4.20. The van der Waals surface area contributed by atoms with E-state index in [0.717, 1.165) is 16.7 Å². The van der Waals surface area contributed by atoms with Crippen LogP contribution in [0.3, 0.4) is 0 Å². The fourth-order valence-corrected chi connectivity index (χ4v) is 10.3. The summed E-state index contributed by atoms with van der Waals surface area (Å²) in [5.41, 5.74) is 9.18. The molecule has 0 atom stereocenters. The lowest BCUT2D eigenvalue weighted by atomic mass is 9.83. The second kappa shape index (κ2) is 11.4. The minimum absolute atomic E-state index is 0.923. The quantitative estimate of drug-likeness (QED) is 0.167. The second-order valence-corrected chi connectivity index (χ2v) is 15.4. The number of hydrogen-bond donors (Lipinski definition) is 0. The molecule has 0 unspecified atom stereocenters. The standard InChI is InChI=1S/C52H30OS/c1-2-14-31(15-3-1)48-38-21-8-10-23-40(38)49(41-24-11-9-22-39(41)48)42-27-26-36(34-18-6-7-19-35(34)42)43-30-44-37-20-12-13-25-47(37)54-52(44)50-45-28-32-16-4-5-17-33(32)29-46(45)53-51(43)50/h1-30H. The molecule has 2 heterocycles. The SMILES string of the molecule is c1ccc(-c2c3ccccc3c(-c3ccc(-c4cc5c6ccccc6sc5c5c4oc4cc6ccccc6cc45)c4ccccc34)c3ccccc23)cc1.